The van der Waals surface area contributed by atoms with E-state index in [2.05, 4.69) is 38.6 Å². The lowest BCUT2D eigenvalue weighted by Crippen LogP contribution is -2.50. The molecule has 0 spiro atoms. The van der Waals surface area contributed by atoms with E-state index >= 15 is 0 Å². The fourth-order valence-corrected chi connectivity index (χ4v) is 4.19. The van der Waals surface area contributed by atoms with Gasteiger partial charge in [-0.3, -0.25) is 4.79 Å². The highest BCUT2D eigenvalue weighted by atomic mass is 16.5. The van der Waals surface area contributed by atoms with Crippen molar-refractivity contribution in [1.82, 2.24) is 34.9 Å². The van der Waals surface area contributed by atoms with Crippen LogP contribution in [0.4, 0.5) is 0 Å². The Labute approximate surface area is 191 Å². The summed E-state index contributed by atoms with van der Waals surface area (Å²) in [5, 5.41) is 17.0. The SMILES string of the molecule is Cc1ccc(-n2nccn2)c(C(=O)N2CCOC[C@H]2Cc2ccc(C)c(-n3nccn3)c2)c1. The van der Waals surface area contributed by atoms with Crippen LogP contribution in [0.5, 0.6) is 0 Å². The van der Waals surface area contributed by atoms with Gasteiger partial charge in [-0.05, 0) is 49.6 Å². The second-order valence-corrected chi connectivity index (χ2v) is 8.21. The third kappa shape index (κ3) is 4.27. The molecule has 2 aromatic carbocycles. The standard InChI is InChI=1S/C24H25N7O2/c1-17-3-6-22(30-25-7-8-26-30)21(13-17)24(32)29-11-12-33-16-20(29)14-19-5-4-18(2)23(15-19)31-27-9-10-28-31/h3-10,13,15,20H,11-12,14,16H2,1-2H3/t20-/m1/s1. The van der Waals surface area contributed by atoms with E-state index in [1.165, 1.54) is 4.80 Å². The topological polar surface area (TPSA) is 91.0 Å². The maximum atomic E-state index is 13.8. The van der Waals surface area contributed by atoms with Crippen LogP contribution in [-0.2, 0) is 11.2 Å². The predicted molar refractivity (Wildman–Crippen MR) is 122 cm³/mol. The average molecular weight is 444 g/mol. The minimum atomic E-state index is -0.0914. The molecule has 1 amide bonds. The molecule has 0 N–H and O–H groups in total. The van der Waals surface area contributed by atoms with Crippen LogP contribution in [0, 0.1) is 13.8 Å². The molecule has 9 nitrogen and oxygen atoms in total. The van der Waals surface area contributed by atoms with E-state index in [1.807, 2.05) is 36.9 Å². The van der Waals surface area contributed by atoms with Gasteiger partial charge in [0.15, 0.2) is 0 Å². The second kappa shape index (κ2) is 8.95. The summed E-state index contributed by atoms with van der Waals surface area (Å²) in [5.41, 5.74) is 5.37. The van der Waals surface area contributed by atoms with Gasteiger partial charge in [0, 0.05) is 6.54 Å². The van der Waals surface area contributed by atoms with E-state index in [1.54, 1.807) is 29.6 Å². The Morgan fingerprint density at radius 1 is 0.939 bits per heavy atom. The lowest BCUT2D eigenvalue weighted by Gasteiger charge is -2.36. The maximum Gasteiger partial charge on any atom is 0.256 e. The molecule has 5 rings (SSSR count). The number of aromatic nitrogens is 6. The number of benzene rings is 2. The summed E-state index contributed by atoms with van der Waals surface area (Å²) < 4.78 is 5.77. The largest absolute Gasteiger partial charge is 0.377 e. The quantitative estimate of drug-likeness (QED) is 0.471. The number of aryl methyl sites for hydroxylation is 2. The van der Waals surface area contributed by atoms with Crippen molar-refractivity contribution in [3.63, 3.8) is 0 Å². The monoisotopic (exact) mass is 443 g/mol. The first-order valence-corrected chi connectivity index (χ1v) is 10.9. The third-order valence-corrected chi connectivity index (χ3v) is 5.88. The molecule has 0 radical (unpaired) electrons. The van der Waals surface area contributed by atoms with E-state index < -0.39 is 0 Å². The van der Waals surface area contributed by atoms with Crippen molar-refractivity contribution in [2.24, 2.45) is 0 Å². The molecule has 168 valence electrons. The highest BCUT2D eigenvalue weighted by Gasteiger charge is 2.30. The smallest absolute Gasteiger partial charge is 0.256 e. The van der Waals surface area contributed by atoms with Crippen LogP contribution in [0.25, 0.3) is 11.4 Å². The number of rotatable bonds is 5. The third-order valence-electron chi connectivity index (χ3n) is 5.88. The van der Waals surface area contributed by atoms with Crippen LogP contribution in [0.1, 0.15) is 27.0 Å². The molecule has 1 atom stereocenters. The molecule has 0 bridgehead atoms. The summed E-state index contributed by atoms with van der Waals surface area (Å²) in [7, 11) is 0. The molecular formula is C24H25N7O2. The molecular weight excluding hydrogens is 418 g/mol. The highest BCUT2D eigenvalue weighted by Crippen LogP contribution is 2.23. The van der Waals surface area contributed by atoms with Gasteiger partial charge < -0.3 is 9.64 Å². The molecule has 3 heterocycles. The number of ether oxygens (including phenoxy) is 1. The van der Waals surface area contributed by atoms with Crippen molar-refractivity contribution in [1.29, 1.82) is 0 Å². The summed E-state index contributed by atoms with van der Waals surface area (Å²) in [4.78, 5) is 18.8. The average Bonchev–Trinajstić information content (AvgIpc) is 3.55. The Hall–Kier alpha value is -3.85. The van der Waals surface area contributed by atoms with Gasteiger partial charge in [-0.2, -0.15) is 30.0 Å². The van der Waals surface area contributed by atoms with Crippen molar-refractivity contribution in [2.75, 3.05) is 19.8 Å². The van der Waals surface area contributed by atoms with E-state index in [-0.39, 0.29) is 11.9 Å². The molecule has 4 aromatic rings. The molecule has 0 aliphatic carbocycles. The molecule has 1 saturated heterocycles. The van der Waals surface area contributed by atoms with Crippen LogP contribution in [0.2, 0.25) is 0 Å². The molecule has 33 heavy (non-hydrogen) atoms. The van der Waals surface area contributed by atoms with Crippen LogP contribution in [-0.4, -0.2) is 66.6 Å². The summed E-state index contributed by atoms with van der Waals surface area (Å²) >= 11 is 0. The minimum Gasteiger partial charge on any atom is -0.377 e. The number of nitrogens with zero attached hydrogens (tertiary/aromatic N) is 7. The van der Waals surface area contributed by atoms with Crippen molar-refractivity contribution in [2.45, 2.75) is 26.3 Å². The van der Waals surface area contributed by atoms with Gasteiger partial charge in [-0.15, -0.1) is 0 Å². The Bertz CT molecular complexity index is 1250. The van der Waals surface area contributed by atoms with Crippen LogP contribution in [0.15, 0.2) is 61.2 Å². The number of hydrogen-bond acceptors (Lipinski definition) is 6. The maximum absolute atomic E-state index is 13.8. The lowest BCUT2D eigenvalue weighted by molar-refractivity contribution is -0.00165. The number of hydrogen-bond donors (Lipinski definition) is 0. The first-order valence-electron chi connectivity index (χ1n) is 10.9. The first kappa shape index (κ1) is 21.0. The molecule has 9 heteroatoms. The number of morpholine rings is 1. The zero-order valence-electron chi connectivity index (χ0n) is 18.6. The second-order valence-electron chi connectivity index (χ2n) is 8.21. The number of carbonyl (C=O) groups is 1. The van der Waals surface area contributed by atoms with E-state index in [0.717, 1.165) is 22.4 Å². The predicted octanol–water partition coefficient (Wildman–Crippen LogP) is 2.55. The Morgan fingerprint density at radius 3 is 2.36 bits per heavy atom. The summed E-state index contributed by atoms with van der Waals surface area (Å²) in [6.45, 7) is 5.54. The van der Waals surface area contributed by atoms with Crippen molar-refractivity contribution in [3.8, 4) is 11.4 Å². The van der Waals surface area contributed by atoms with Gasteiger partial charge in [0.05, 0.1) is 61.0 Å². The van der Waals surface area contributed by atoms with Gasteiger partial charge in [0.2, 0.25) is 0 Å². The van der Waals surface area contributed by atoms with Gasteiger partial charge in [-0.25, -0.2) is 0 Å². The minimum absolute atomic E-state index is 0.0413. The molecule has 1 aliphatic heterocycles. The van der Waals surface area contributed by atoms with Gasteiger partial charge in [0.25, 0.3) is 5.91 Å². The van der Waals surface area contributed by atoms with Crippen molar-refractivity contribution >= 4 is 5.91 Å². The molecule has 0 unspecified atom stereocenters. The molecule has 2 aromatic heterocycles. The fraction of sp³-hybridized carbons (Fsp3) is 0.292. The number of carbonyl (C=O) groups excluding carboxylic acids is 1. The Balaban J connectivity index is 1.44. The normalized spacial score (nSPS) is 16.2. The molecule has 0 saturated carbocycles. The van der Waals surface area contributed by atoms with Crippen LogP contribution < -0.4 is 0 Å². The zero-order chi connectivity index (χ0) is 22.8. The molecule has 1 fully saturated rings. The number of amides is 1. The fourth-order valence-electron chi connectivity index (χ4n) is 4.19. The van der Waals surface area contributed by atoms with E-state index in [9.17, 15) is 4.79 Å². The Morgan fingerprint density at radius 2 is 1.64 bits per heavy atom. The van der Waals surface area contributed by atoms with Gasteiger partial charge in [0.1, 0.15) is 0 Å². The molecule has 1 aliphatic rings. The lowest BCUT2D eigenvalue weighted by atomic mass is 10.00. The van der Waals surface area contributed by atoms with Crippen LogP contribution >= 0.6 is 0 Å². The van der Waals surface area contributed by atoms with Gasteiger partial charge in [-0.1, -0.05) is 23.8 Å². The zero-order valence-corrected chi connectivity index (χ0v) is 18.6. The van der Waals surface area contributed by atoms with E-state index in [4.69, 9.17) is 4.74 Å². The van der Waals surface area contributed by atoms with Crippen molar-refractivity contribution in [3.05, 3.63) is 83.4 Å². The first-order chi connectivity index (χ1) is 16.1. The van der Waals surface area contributed by atoms with Gasteiger partial charge >= 0.3 is 0 Å². The Kier molecular flexibility index (Phi) is 5.70. The summed E-state index contributed by atoms with van der Waals surface area (Å²) in [6, 6.07) is 11.9. The summed E-state index contributed by atoms with van der Waals surface area (Å²) in [6.07, 6.45) is 7.20. The van der Waals surface area contributed by atoms with Crippen LogP contribution in [0.3, 0.4) is 0 Å². The highest BCUT2D eigenvalue weighted by molar-refractivity contribution is 5.98. The van der Waals surface area contributed by atoms with Crippen molar-refractivity contribution < 1.29 is 9.53 Å². The summed E-state index contributed by atoms with van der Waals surface area (Å²) in [5.74, 6) is -0.0413. The van der Waals surface area contributed by atoms with E-state index in [0.29, 0.717) is 37.4 Å².